The summed E-state index contributed by atoms with van der Waals surface area (Å²) < 4.78 is 67.9. The Hall–Kier alpha value is -5.79. The molecule has 0 bridgehead atoms. The fraction of sp³-hybridized carbons (Fsp3) is 0.409. The Morgan fingerprint density at radius 2 is 1.80 bits per heavy atom. The molecule has 66 heavy (non-hydrogen) atoms. The molecule has 0 saturated carbocycles. The molecular formula is C44H45ClF4N8O7S2. The highest BCUT2D eigenvalue weighted by molar-refractivity contribution is 7.81. The smallest absolute Gasteiger partial charge is 0.420 e. The van der Waals surface area contributed by atoms with E-state index in [2.05, 4.69) is 20.6 Å². The molecule has 4 heterocycles. The minimum atomic E-state index is -5.24. The van der Waals surface area contributed by atoms with Gasteiger partial charge in [-0.2, -0.15) is 18.4 Å². The number of alkyl halides is 3. The van der Waals surface area contributed by atoms with Crippen LogP contribution in [0.5, 0.6) is 5.88 Å². The molecule has 4 aromatic rings. The molecule has 350 valence electrons. The van der Waals surface area contributed by atoms with Gasteiger partial charge in [-0.15, -0.1) is 11.3 Å². The minimum absolute atomic E-state index is 0.0134. The van der Waals surface area contributed by atoms with E-state index in [1.165, 1.54) is 53.3 Å². The fourth-order valence-corrected chi connectivity index (χ4v) is 9.07. The van der Waals surface area contributed by atoms with Gasteiger partial charge in [0.1, 0.15) is 36.4 Å². The number of thiocarbonyl (C=S) groups is 1. The zero-order valence-electron chi connectivity index (χ0n) is 36.5. The number of nitriles is 1. The Bertz CT molecular complexity index is 2580. The van der Waals surface area contributed by atoms with E-state index in [9.17, 15) is 37.5 Å². The number of carbonyl (C=O) groups excluding carboxylic acids is 4. The van der Waals surface area contributed by atoms with E-state index >= 15 is 4.39 Å². The van der Waals surface area contributed by atoms with Crippen molar-refractivity contribution in [3.63, 3.8) is 0 Å². The molecule has 4 amide bonds. The summed E-state index contributed by atoms with van der Waals surface area (Å²) in [4.78, 5) is 66.7. The van der Waals surface area contributed by atoms with Crippen molar-refractivity contribution in [2.75, 3.05) is 36.2 Å². The number of aromatic nitrogens is 2. The van der Waals surface area contributed by atoms with Gasteiger partial charge < -0.3 is 35.0 Å². The number of anilines is 2. The summed E-state index contributed by atoms with van der Waals surface area (Å²) in [5.41, 5.74) is -1.40. The third-order valence-corrected chi connectivity index (χ3v) is 12.6. The normalized spacial score (nSPS) is 17.8. The fourth-order valence-electron chi connectivity index (χ4n) is 7.52. The number of nitrogens with zero attached hydrogens (tertiary/aromatic N) is 6. The molecule has 2 aliphatic rings. The van der Waals surface area contributed by atoms with Gasteiger partial charge in [-0.25, -0.2) is 14.4 Å². The third kappa shape index (κ3) is 10.4. The highest BCUT2D eigenvalue weighted by Gasteiger charge is 2.53. The second kappa shape index (κ2) is 19.6. The maximum atomic E-state index is 15.4. The van der Waals surface area contributed by atoms with E-state index in [4.69, 9.17) is 38.6 Å². The van der Waals surface area contributed by atoms with Gasteiger partial charge in [-0.05, 0) is 61.7 Å². The maximum absolute atomic E-state index is 15.4. The van der Waals surface area contributed by atoms with Gasteiger partial charge in [0.25, 0.3) is 5.91 Å². The number of β-amino-alcohol motifs (C(OH)–C–C–N with tert-alkyl or cyclic N) is 1. The first kappa shape index (κ1) is 49.6. The van der Waals surface area contributed by atoms with Gasteiger partial charge >= 0.3 is 6.18 Å². The Labute approximate surface area is 391 Å². The molecule has 0 spiro atoms. The summed E-state index contributed by atoms with van der Waals surface area (Å²) in [5, 5.41) is 24.9. The standard InChI is InChI=1S/C44H45ClF4N8O7S2/c1-23-36(66-22-53-23)25-9-7-24(8-10-25)18-52-38(60)30-15-27(58)20-55(30)39(61)37(42(2,3)4)54-32(59)21-63-13-14-64-33-16-28(45)31(19-51-33)57-41(65)56(40(62)43(57,5)6)29-12-11-26(17-50)34(35(29)46)44(47,48)49/h7-12,16,19,22,27,30,37,58H,13-15,18,20-21H2,1-6H3,(H,52,60)(H,54,59)/t27-,30+,37-/m1/s1. The Morgan fingerprint density at radius 1 is 1.11 bits per heavy atom. The number of nitrogens with one attached hydrogen (secondary N) is 2. The minimum Gasteiger partial charge on any atom is -0.475 e. The van der Waals surface area contributed by atoms with Gasteiger partial charge in [-0.3, -0.25) is 24.1 Å². The van der Waals surface area contributed by atoms with Gasteiger partial charge in [0.15, 0.2) is 10.9 Å². The van der Waals surface area contributed by atoms with E-state index in [1.54, 1.807) is 26.3 Å². The van der Waals surface area contributed by atoms with Crippen LogP contribution in [0.1, 0.15) is 63.4 Å². The number of halogens is 5. The molecule has 0 unspecified atom stereocenters. The van der Waals surface area contributed by atoms with E-state index in [0.717, 1.165) is 33.8 Å². The molecule has 0 aliphatic carbocycles. The van der Waals surface area contributed by atoms with Crippen LogP contribution in [0.2, 0.25) is 5.02 Å². The van der Waals surface area contributed by atoms with Crippen LogP contribution in [0.15, 0.2) is 54.2 Å². The molecular weight excluding hydrogens is 928 g/mol. The summed E-state index contributed by atoms with van der Waals surface area (Å²) in [6.45, 7) is 9.37. The molecule has 2 aliphatic heterocycles. The molecule has 2 fully saturated rings. The maximum Gasteiger partial charge on any atom is 0.420 e. The summed E-state index contributed by atoms with van der Waals surface area (Å²) in [6.07, 6.45) is -4.97. The number of likely N-dealkylation sites (tertiary alicyclic amines) is 1. The quantitative estimate of drug-likeness (QED) is 0.0726. The highest BCUT2D eigenvalue weighted by atomic mass is 35.5. The topological polar surface area (TPSA) is 190 Å². The van der Waals surface area contributed by atoms with E-state index < -0.39 is 93.3 Å². The van der Waals surface area contributed by atoms with Crippen LogP contribution >= 0.6 is 35.2 Å². The van der Waals surface area contributed by atoms with Crippen molar-refractivity contribution >= 4 is 75.3 Å². The first-order chi connectivity index (χ1) is 30.9. The lowest BCUT2D eigenvalue weighted by Crippen LogP contribution is -2.58. The van der Waals surface area contributed by atoms with Crippen molar-refractivity contribution in [1.82, 2.24) is 25.5 Å². The predicted molar refractivity (Wildman–Crippen MR) is 240 cm³/mol. The van der Waals surface area contributed by atoms with Gasteiger partial charge in [0.05, 0.1) is 63.0 Å². The predicted octanol–water partition coefficient (Wildman–Crippen LogP) is 6.32. The number of aryl methyl sites for hydroxylation is 1. The number of ether oxygens (including phenoxy) is 2. The lowest BCUT2D eigenvalue weighted by molar-refractivity contribution is -0.144. The van der Waals surface area contributed by atoms with Crippen LogP contribution in [-0.2, 0) is 36.6 Å². The third-order valence-electron chi connectivity index (χ3n) is 10.9. The van der Waals surface area contributed by atoms with Crippen molar-refractivity contribution in [2.24, 2.45) is 5.41 Å². The number of aliphatic hydroxyl groups is 1. The summed E-state index contributed by atoms with van der Waals surface area (Å²) in [5.74, 6) is -4.35. The number of carbonyl (C=O) groups is 4. The molecule has 2 aromatic heterocycles. The van der Waals surface area contributed by atoms with Crippen LogP contribution in [0, 0.1) is 29.5 Å². The second-order valence-corrected chi connectivity index (χ2v) is 18.7. The number of rotatable bonds is 14. The first-order valence-corrected chi connectivity index (χ1v) is 22.0. The number of hydrogen-bond acceptors (Lipinski definition) is 12. The van der Waals surface area contributed by atoms with Crippen LogP contribution in [-0.4, -0.2) is 98.8 Å². The van der Waals surface area contributed by atoms with Crippen molar-refractivity contribution in [3.8, 4) is 22.4 Å². The van der Waals surface area contributed by atoms with Crippen LogP contribution < -0.4 is 25.2 Å². The molecule has 3 atom stereocenters. The number of benzene rings is 2. The molecule has 0 radical (unpaired) electrons. The van der Waals surface area contributed by atoms with Gasteiger partial charge in [0.2, 0.25) is 23.6 Å². The van der Waals surface area contributed by atoms with E-state index in [-0.39, 0.29) is 49.3 Å². The average molecular weight is 973 g/mol. The van der Waals surface area contributed by atoms with Crippen molar-refractivity contribution in [1.29, 1.82) is 5.26 Å². The number of amides is 4. The Morgan fingerprint density at radius 3 is 2.41 bits per heavy atom. The average Bonchev–Trinajstić information content (AvgIpc) is 3.91. The van der Waals surface area contributed by atoms with Gasteiger partial charge in [-0.1, -0.05) is 56.6 Å². The Kier molecular flexibility index (Phi) is 14.7. The largest absolute Gasteiger partial charge is 0.475 e. The number of aliphatic hydroxyl groups excluding tert-OH is 1. The van der Waals surface area contributed by atoms with Crippen molar-refractivity contribution in [3.05, 3.63) is 87.4 Å². The number of pyridine rings is 1. The molecule has 2 aromatic carbocycles. The van der Waals surface area contributed by atoms with Crippen molar-refractivity contribution in [2.45, 2.75) is 84.4 Å². The SMILES string of the molecule is Cc1ncsc1-c1ccc(CNC(=O)[C@@H]2C[C@@H](O)CN2C(=O)[C@@H](NC(=O)COCCOc2cc(Cl)c(N3C(=S)N(c4ccc(C#N)c(C(F)(F)F)c4F)C(=O)C3(C)C)cn2)C(C)(C)C)cc1. The van der Waals surface area contributed by atoms with Crippen LogP contribution in [0.25, 0.3) is 10.4 Å². The van der Waals surface area contributed by atoms with Crippen LogP contribution in [0.4, 0.5) is 28.9 Å². The lowest BCUT2D eigenvalue weighted by atomic mass is 9.85. The van der Waals surface area contributed by atoms with Gasteiger partial charge in [0, 0.05) is 25.6 Å². The number of thiazole rings is 1. The summed E-state index contributed by atoms with van der Waals surface area (Å²) in [7, 11) is 0. The molecule has 6 rings (SSSR count). The van der Waals surface area contributed by atoms with Crippen molar-refractivity contribution < 1.29 is 51.3 Å². The van der Waals surface area contributed by atoms with E-state index in [0.29, 0.717) is 4.90 Å². The second-order valence-electron chi connectivity index (χ2n) is 17.1. The molecule has 15 nitrogen and oxygen atoms in total. The highest BCUT2D eigenvalue weighted by Crippen LogP contribution is 2.43. The van der Waals surface area contributed by atoms with Crippen LogP contribution in [0.3, 0.4) is 0 Å². The monoisotopic (exact) mass is 972 g/mol. The molecule has 2 saturated heterocycles. The lowest BCUT2D eigenvalue weighted by Gasteiger charge is -2.35. The first-order valence-electron chi connectivity index (χ1n) is 20.3. The molecule has 22 heteroatoms. The zero-order valence-corrected chi connectivity index (χ0v) is 38.8. The summed E-state index contributed by atoms with van der Waals surface area (Å²) >= 11 is 13.6. The summed E-state index contributed by atoms with van der Waals surface area (Å²) in [6, 6.07) is 9.84. The van der Waals surface area contributed by atoms with E-state index in [1.807, 2.05) is 31.2 Å². The molecule has 3 N–H and O–H groups in total. The zero-order chi connectivity index (χ0) is 48.5. The number of hydrogen-bond donors (Lipinski definition) is 3. The Balaban J connectivity index is 1.02.